The Morgan fingerprint density at radius 1 is 1.37 bits per heavy atom. The van der Waals surface area contributed by atoms with Gasteiger partial charge in [-0.25, -0.2) is 0 Å². The van der Waals surface area contributed by atoms with E-state index in [1.54, 1.807) is 17.1 Å². The summed E-state index contributed by atoms with van der Waals surface area (Å²) in [5, 5.41) is 16.8. The van der Waals surface area contributed by atoms with Crippen LogP contribution in [0, 0.1) is 5.41 Å². The molecule has 1 amide bonds. The molecule has 0 radical (unpaired) electrons. The standard InChI is InChI=1S/C14H25N3O2/c1-13(2,3)11(18)8-15-12(19)10-7-16-17(9-10)14(4,5)6/h7,9,11,18H,8H2,1-6H3,(H,15,19). The minimum Gasteiger partial charge on any atom is -0.391 e. The summed E-state index contributed by atoms with van der Waals surface area (Å²) in [7, 11) is 0. The number of aliphatic hydroxyl groups is 1. The zero-order valence-corrected chi connectivity index (χ0v) is 12.7. The summed E-state index contributed by atoms with van der Waals surface area (Å²) >= 11 is 0. The molecule has 0 fully saturated rings. The first kappa shape index (κ1) is 15.7. The predicted molar refractivity (Wildman–Crippen MR) is 75.0 cm³/mol. The smallest absolute Gasteiger partial charge is 0.254 e. The number of nitrogens with one attached hydrogen (secondary N) is 1. The van der Waals surface area contributed by atoms with Crippen molar-refractivity contribution >= 4 is 5.91 Å². The number of aliphatic hydroxyl groups excluding tert-OH is 1. The van der Waals surface area contributed by atoms with Crippen molar-refractivity contribution in [2.24, 2.45) is 5.41 Å². The fourth-order valence-corrected chi connectivity index (χ4v) is 1.40. The SMILES string of the molecule is CC(C)(C)C(O)CNC(=O)c1cnn(C(C)(C)C)c1. The van der Waals surface area contributed by atoms with Gasteiger partial charge in [0.15, 0.2) is 0 Å². The summed E-state index contributed by atoms with van der Waals surface area (Å²) in [6.45, 7) is 12.1. The van der Waals surface area contributed by atoms with Gasteiger partial charge in [0, 0.05) is 12.7 Å². The molecule has 1 aromatic heterocycles. The van der Waals surface area contributed by atoms with Crippen LogP contribution in [0.3, 0.4) is 0 Å². The summed E-state index contributed by atoms with van der Waals surface area (Å²) in [6, 6.07) is 0. The van der Waals surface area contributed by atoms with Gasteiger partial charge in [-0.05, 0) is 26.2 Å². The Hall–Kier alpha value is -1.36. The maximum Gasteiger partial charge on any atom is 0.254 e. The first-order valence-corrected chi connectivity index (χ1v) is 6.53. The second kappa shape index (κ2) is 5.33. The van der Waals surface area contributed by atoms with Crippen LogP contribution in [0.4, 0.5) is 0 Å². The molecule has 1 heterocycles. The van der Waals surface area contributed by atoms with Gasteiger partial charge in [-0.3, -0.25) is 9.48 Å². The largest absolute Gasteiger partial charge is 0.391 e. The van der Waals surface area contributed by atoms with Crippen LogP contribution in [0.2, 0.25) is 0 Å². The maximum atomic E-state index is 11.9. The molecule has 0 aromatic carbocycles. The molecule has 0 aliphatic carbocycles. The highest BCUT2D eigenvalue weighted by Crippen LogP contribution is 2.18. The molecule has 5 heteroatoms. The molecule has 0 bridgehead atoms. The van der Waals surface area contributed by atoms with Crippen molar-refractivity contribution in [2.75, 3.05) is 6.54 Å². The fraction of sp³-hybridized carbons (Fsp3) is 0.714. The zero-order valence-electron chi connectivity index (χ0n) is 12.7. The van der Waals surface area contributed by atoms with Gasteiger partial charge in [-0.15, -0.1) is 0 Å². The Bertz CT molecular complexity index is 438. The third kappa shape index (κ3) is 4.35. The lowest BCUT2D eigenvalue weighted by Crippen LogP contribution is -2.39. The van der Waals surface area contributed by atoms with Crippen molar-refractivity contribution in [3.63, 3.8) is 0 Å². The van der Waals surface area contributed by atoms with Gasteiger partial charge < -0.3 is 10.4 Å². The number of nitrogens with zero attached hydrogens (tertiary/aromatic N) is 2. The molecule has 5 nitrogen and oxygen atoms in total. The van der Waals surface area contributed by atoms with Gasteiger partial charge >= 0.3 is 0 Å². The van der Waals surface area contributed by atoms with E-state index >= 15 is 0 Å². The van der Waals surface area contributed by atoms with Gasteiger partial charge in [0.25, 0.3) is 5.91 Å². The van der Waals surface area contributed by atoms with E-state index in [4.69, 9.17) is 0 Å². The van der Waals surface area contributed by atoms with Crippen molar-refractivity contribution < 1.29 is 9.90 Å². The molecule has 0 saturated heterocycles. The Balaban J connectivity index is 2.62. The van der Waals surface area contributed by atoms with Crippen LogP contribution >= 0.6 is 0 Å². The summed E-state index contributed by atoms with van der Waals surface area (Å²) in [5.74, 6) is -0.209. The molecule has 1 aromatic rings. The molecule has 19 heavy (non-hydrogen) atoms. The summed E-state index contributed by atoms with van der Waals surface area (Å²) < 4.78 is 1.75. The normalized spacial score (nSPS) is 14.3. The second-order valence-corrected chi connectivity index (χ2v) is 6.94. The minimum atomic E-state index is -0.575. The van der Waals surface area contributed by atoms with Crippen LogP contribution in [-0.4, -0.2) is 33.4 Å². The van der Waals surface area contributed by atoms with E-state index in [9.17, 15) is 9.90 Å². The number of rotatable bonds is 3. The molecule has 2 N–H and O–H groups in total. The second-order valence-electron chi connectivity index (χ2n) is 6.94. The first-order valence-electron chi connectivity index (χ1n) is 6.53. The van der Waals surface area contributed by atoms with Gasteiger partial charge in [0.05, 0.1) is 23.4 Å². The Kier molecular flexibility index (Phi) is 4.40. The van der Waals surface area contributed by atoms with Crippen molar-refractivity contribution in [3.8, 4) is 0 Å². The van der Waals surface area contributed by atoms with Crippen molar-refractivity contribution in [3.05, 3.63) is 18.0 Å². The predicted octanol–water partition coefficient (Wildman–Crippen LogP) is 1.77. The highest BCUT2D eigenvalue weighted by atomic mass is 16.3. The van der Waals surface area contributed by atoms with Crippen LogP contribution in [0.1, 0.15) is 51.9 Å². The van der Waals surface area contributed by atoms with Crippen molar-refractivity contribution in [1.82, 2.24) is 15.1 Å². The van der Waals surface area contributed by atoms with Crippen molar-refractivity contribution in [1.29, 1.82) is 0 Å². The highest BCUT2D eigenvalue weighted by molar-refractivity contribution is 5.93. The van der Waals surface area contributed by atoms with E-state index in [1.807, 2.05) is 41.5 Å². The highest BCUT2D eigenvalue weighted by Gasteiger charge is 2.23. The molecule has 0 aliphatic heterocycles. The summed E-state index contributed by atoms with van der Waals surface area (Å²) in [4.78, 5) is 11.9. The minimum absolute atomic E-state index is 0.149. The van der Waals surface area contributed by atoms with Gasteiger partial charge in [-0.2, -0.15) is 5.10 Å². The number of aromatic nitrogens is 2. The third-order valence-corrected chi connectivity index (χ3v) is 2.99. The van der Waals surface area contributed by atoms with E-state index in [2.05, 4.69) is 10.4 Å². The number of carbonyl (C=O) groups excluding carboxylic acids is 1. The number of hydrogen-bond acceptors (Lipinski definition) is 3. The fourth-order valence-electron chi connectivity index (χ4n) is 1.40. The van der Waals surface area contributed by atoms with Crippen LogP contribution in [0.25, 0.3) is 0 Å². The van der Waals surface area contributed by atoms with E-state index in [-0.39, 0.29) is 23.4 Å². The monoisotopic (exact) mass is 267 g/mol. The molecule has 108 valence electrons. The van der Waals surface area contributed by atoms with E-state index < -0.39 is 6.10 Å². The number of carbonyl (C=O) groups is 1. The molecular weight excluding hydrogens is 242 g/mol. The lowest BCUT2D eigenvalue weighted by atomic mass is 9.89. The van der Waals surface area contributed by atoms with Crippen LogP contribution in [0.15, 0.2) is 12.4 Å². The van der Waals surface area contributed by atoms with Gasteiger partial charge in [0.1, 0.15) is 0 Å². The van der Waals surface area contributed by atoms with Crippen LogP contribution < -0.4 is 5.32 Å². The molecular formula is C14H25N3O2. The van der Waals surface area contributed by atoms with E-state index in [0.717, 1.165) is 0 Å². The molecule has 0 saturated carbocycles. The molecule has 1 atom stereocenters. The topological polar surface area (TPSA) is 67.2 Å². The molecule has 1 unspecified atom stereocenters. The molecule has 0 aliphatic rings. The molecule has 0 spiro atoms. The van der Waals surface area contributed by atoms with Crippen molar-refractivity contribution in [2.45, 2.75) is 53.2 Å². The Morgan fingerprint density at radius 3 is 2.37 bits per heavy atom. The third-order valence-electron chi connectivity index (χ3n) is 2.99. The van der Waals surface area contributed by atoms with Crippen LogP contribution in [-0.2, 0) is 5.54 Å². The van der Waals surface area contributed by atoms with E-state index in [0.29, 0.717) is 5.56 Å². The Morgan fingerprint density at radius 2 is 1.95 bits per heavy atom. The first-order chi connectivity index (χ1) is 8.51. The van der Waals surface area contributed by atoms with Gasteiger partial charge in [-0.1, -0.05) is 20.8 Å². The van der Waals surface area contributed by atoms with E-state index in [1.165, 1.54) is 0 Å². The van der Waals surface area contributed by atoms with Gasteiger partial charge in [0.2, 0.25) is 0 Å². The zero-order chi connectivity index (χ0) is 14.8. The lowest BCUT2D eigenvalue weighted by Gasteiger charge is -2.25. The number of hydrogen-bond donors (Lipinski definition) is 2. The molecule has 1 rings (SSSR count). The quantitative estimate of drug-likeness (QED) is 0.877. The maximum absolute atomic E-state index is 11.9. The summed E-state index contributed by atoms with van der Waals surface area (Å²) in [5.41, 5.74) is 0.114. The Labute approximate surface area is 115 Å². The number of amides is 1. The average molecular weight is 267 g/mol. The van der Waals surface area contributed by atoms with Crippen LogP contribution in [0.5, 0.6) is 0 Å². The lowest BCUT2D eigenvalue weighted by molar-refractivity contribution is 0.0587. The average Bonchev–Trinajstić information content (AvgIpc) is 2.72. The summed E-state index contributed by atoms with van der Waals surface area (Å²) in [6.07, 6.45) is 2.69.